The number of hydrogen-bond acceptors (Lipinski definition) is 7. The smallest absolute Gasteiger partial charge is 0.413 e. The molecule has 8 nitrogen and oxygen atoms in total. The Bertz CT molecular complexity index is 1150. The maximum Gasteiger partial charge on any atom is 0.413 e. The molecule has 2 amide bonds. The van der Waals surface area contributed by atoms with Gasteiger partial charge >= 0.3 is 6.09 Å². The molecule has 1 aromatic carbocycles. The van der Waals surface area contributed by atoms with Crippen LogP contribution in [-0.4, -0.2) is 46.7 Å². The summed E-state index contributed by atoms with van der Waals surface area (Å²) in [5.41, 5.74) is 0.221. The number of aromatic nitrogens is 1. The van der Waals surface area contributed by atoms with Crippen LogP contribution in [0.1, 0.15) is 48.8 Å². The van der Waals surface area contributed by atoms with E-state index in [0.717, 1.165) is 5.56 Å². The Hall–Kier alpha value is -2.98. The molecule has 0 aliphatic carbocycles. The molecular formula is C25H29FN4O4S. The number of nitrogens with one attached hydrogen (secondary N) is 2. The highest BCUT2D eigenvalue weighted by Crippen LogP contribution is 2.46. The number of benzene rings is 1. The lowest BCUT2D eigenvalue weighted by Gasteiger charge is -2.44. The molecule has 10 heteroatoms. The molecular weight excluding hydrogens is 471 g/mol. The maximum absolute atomic E-state index is 15.3. The predicted octanol–water partition coefficient (Wildman–Crippen LogP) is 4.64. The summed E-state index contributed by atoms with van der Waals surface area (Å²) < 4.78 is 26.4. The molecule has 0 bridgehead atoms. The zero-order valence-corrected chi connectivity index (χ0v) is 21.0. The number of aryl methyl sites for hydroxylation is 1. The van der Waals surface area contributed by atoms with Crippen LogP contribution in [0.25, 0.3) is 0 Å². The van der Waals surface area contributed by atoms with E-state index in [-0.39, 0.29) is 18.2 Å². The molecule has 4 rings (SSSR count). The van der Waals surface area contributed by atoms with Crippen molar-refractivity contribution < 1.29 is 23.5 Å². The number of thioether (sulfide) groups is 1. The summed E-state index contributed by atoms with van der Waals surface area (Å²) >= 11 is 1.40. The molecule has 2 N–H and O–H groups in total. The number of ether oxygens (including phenoxy) is 2. The number of carbonyl (C=O) groups is 2. The van der Waals surface area contributed by atoms with Crippen LogP contribution in [0.5, 0.6) is 0 Å². The van der Waals surface area contributed by atoms with E-state index < -0.39 is 29.0 Å². The molecule has 2 aliphatic rings. The number of carbonyl (C=O) groups excluding carboxylic acids is 2. The van der Waals surface area contributed by atoms with Crippen LogP contribution >= 0.6 is 11.8 Å². The van der Waals surface area contributed by atoms with Crippen LogP contribution in [0.3, 0.4) is 0 Å². The second-order valence-electron chi connectivity index (χ2n) is 9.69. The highest BCUT2D eigenvalue weighted by atomic mass is 32.2. The van der Waals surface area contributed by atoms with Gasteiger partial charge in [-0.2, -0.15) is 0 Å². The quantitative estimate of drug-likeness (QED) is 0.637. The molecule has 0 radical (unpaired) electrons. The first-order valence-corrected chi connectivity index (χ1v) is 12.4. The number of amidine groups is 1. The van der Waals surface area contributed by atoms with Crippen molar-refractivity contribution in [2.45, 2.75) is 45.3 Å². The van der Waals surface area contributed by atoms with E-state index in [9.17, 15) is 9.59 Å². The summed E-state index contributed by atoms with van der Waals surface area (Å²) in [6, 6.07) is 7.84. The van der Waals surface area contributed by atoms with Crippen molar-refractivity contribution in [2.75, 3.05) is 24.3 Å². The van der Waals surface area contributed by atoms with E-state index in [2.05, 4.69) is 15.6 Å². The number of pyridine rings is 1. The third kappa shape index (κ3) is 5.82. The Morgan fingerprint density at radius 3 is 2.74 bits per heavy atom. The number of amides is 2. The van der Waals surface area contributed by atoms with E-state index in [1.807, 2.05) is 6.92 Å². The highest BCUT2D eigenvalue weighted by molar-refractivity contribution is 8.13. The van der Waals surface area contributed by atoms with Gasteiger partial charge in [-0.15, -0.1) is 0 Å². The SMILES string of the molecule is Cc1ccc(C(=O)Nc2ccc(F)c([C@]34COCC[C@H]3CSC(NC(=O)OC(C)(C)C)=N4)c2)nc1. The van der Waals surface area contributed by atoms with Gasteiger partial charge in [0.05, 0.1) is 6.61 Å². The Morgan fingerprint density at radius 2 is 2.03 bits per heavy atom. The average Bonchev–Trinajstić information content (AvgIpc) is 2.79. The van der Waals surface area contributed by atoms with Crippen LogP contribution < -0.4 is 10.6 Å². The first-order valence-electron chi connectivity index (χ1n) is 11.4. The van der Waals surface area contributed by atoms with Crippen molar-refractivity contribution in [3.05, 3.63) is 59.2 Å². The zero-order chi connectivity index (χ0) is 25.2. The van der Waals surface area contributed by atoms with Crippen molar-refractivity contribution in [1.82, 2.24) is 10.3 Å². The second-order valence-corrected chi connectivity index (χ2v) is 10.7. The first kappa shape index (κ1) is 25.1. The fraction of sp³-hybridized carbons (Fsp3) is 0.440. The Morgan fingerprint density at radius 1 is 1.23 bits per heavy atom. The van der Waals surface area contributed by atoms with Gasteiger partial charge in [-0.05, 0) is 63.9 Å². The summed E-state index contributed by atoms with van der Waals surface area (Å²) in [4.78, 5) is 34.0. The van der Waals surface area contributed by atoms with Gasteiger partial charge in [0.15, 0.2) is 5.17 Å². The van der Waals surface area contributed by atoms with Crippen molar-refractivity contribution >= 4 is 34.6 Å². The molecule has 0 saturated carbocycles. The van der Waals surface area contributed by atoms with E-state index >= 15 is 4.39 Å². The zero-order valence-electron chi connectivity index (χ0n) is 20.2. The van der Waals surface area contributed by atoms with Crippen LogP contribution in [0.2, 0.25) is 0 Å². The normalized spacial score (nSPS) is 22.0. The Balaban J connectivity index is 1.65. The summed E-state index contributed by atoms with van der Waals surface area (Å²) in [5, 5.41) is 5.83. The van der Waals surface area contributed by atoms with Crippen LogP contribution in [0.4, 0.5) is 14.9 Å². The molecule has 3 heterocycles. The summed E-state index contributed by atoms with van der Waals surface area (Å²) in [7, 11) is 0. The summed E-state index contributed by atoms with van der Waals surface area (Å²) in [5.74, 6) is -0.239. The predicted molar refractivity (Wildman–Crippen MR) is 133 cm³/mol. The van der Waals surface area contributed by atoms with Crippen LogP contribution in [0.15, 0.2) is 41.5 Å². The van der Waals surface area contributed by atoms with Gasteiger partial charge < -0.3 is 14.8 Å². The highest BCUT2D eigenvalue weighted by Gasteiger charge is 2.48. The minimum Gasteiger partial charge on any atom is -0.444 e. The van der Waals surface area contributed by atoms with E-state index in [4.69, 9.17) is 14.5 Å². The van der Waals surface area contributed by atoms with Crippen LogP contribution in [-0.2, 0) is 15.0 Å². The fourth-order valence-electron chi connectivity index (χ4n) is 4.09. The number of fused-ring (bicyclic) bond motifs is 1. The standard InChI is InChI=1S/C25H29FN4O4S/c1-15-5-8-20(27-12-15)21(31)28-17-6-7-19(26)18(11-17)25-14-33-10-9-16(25)13-35-22(30-25)29-23(32)34-24(2,3)4/h5-8,11-12,16H,9-10,13-14H2,1-4H3,(H,28,31)(H,29,30,32)/t16-,25-/m0/s1. The lowest BCUT2D eigenvalue weighted by Crippen LogP contribution is -2.49. The van der Waals surface area contributed by atoms with Gasteiger partial charge in [-0.3, -0.25) is 15.1 Å². The molecule has 35 heavy (non-hydrogen) atoms. The number of alkyl carbamates (subject to hydrolysis) is 1. The molecule has 1 fully saturated rings. The van der Waals surface area contributed by atoms with Crippen molar-refractivity contribution in [3.8, 4) is 0 Å². The van der Waals surface area contributed by atoms with Gasteiger partial charge in [-0.25, -0.2) is 14.2 Å². The van der Waals surface area contributed by atoms with Gasteiger partial charge in [0.2, 0.25) is 0 Å². The Kier molecular flexibility index (Phi) is 7.14. The minimum absolute atomic E-state index is 0.00958. The van der Waals surface area contributed by atoms with Gasteiger partial charge in [0, 0.05) is 35.7 Å². The van der Waals surface area contributed by atoms with E-state index in [1.54, 1.807) is 45.2 Å². The number of nitrogens with zero attached hydrogens (tertiary/aromatic N) is 2. The largest absolute Gasteiger partial charge is 0.444 e. The van der Waals surface area contributed by atoms with Gasteiger partial charge in [0.25, 0.3) is 5.91 Å². The molecule has 0 unspecified atom stereocenters. The number of rotatable bonds is 3. The molecule has 186 valence electrons. The van der Waals surface area contributed by atoms with E-state index in [0.29, 0.717) is 35.2 Å². The minimum atomic E-state index is -1.04. The second kappa shape index (κ2) is 9.94. The molecule has 2 aliphatic heterocycles. The first-order chi connectivity index (χ1) is 16.6. The summed E-state index contributed by atoms with van der Waals surface area (Å²) in [6.07, 6.45) is 1.68. The molecule has 0 spiro atoms. The third-order valence-corrected chi connectivity index (χ3v) is 6.81. The lowest BCUT2D eigenvalue weighted by atomic mass is 9.76. The van der Waals surface area contributed by atoms with Gasteiger partial charge in [0.1, 0.15) is 22.7 Å². The molecule has 1 saturated heterocycles. The van der Waals surface area contributed by atoms with Crippen molar-refractivity contribution in [1.29, 1.82) is 0 Å². The van der Waals surface area contributed by atoms with Crippen LogP contribution in [0, 0.1) is 18.7 Å². The molecule has 2 atom stereocenters. The maximum atomic E-state index is 15.3. The number of halogens is 1. The monoisotopic (exact) mass is 500 g/mol. The number of anilines is 1. The molecule has 1 aromatic heterocycles. The average molecular weight is 501 g/mol. The summed E-state index contributed by atoms with van der Waals surface area (Å²) in [6.45, 7) is 7.92. The molecule has 2 aromatic rings. The number of hydrogen-bond donors (Lipinski definition) is 2. The number of aliphatic imine (C=N–C) groups is 1. The topological polar surface area (TPSA) is 102 Å². The van der Waals surface area contributed by atoms with Crippen molar-refractivity contribution in [3.63, 3.8) is 0 Å². The Labute approximate surface area is 208 Å². The van der Waals surface area contributed by atoms with E-state index in [1.165, 1.54) is 23.9 Å². The lowest BCUT2D eigenvalue weighted by molar-refractivity contribution is 0.00280. The fourth-order valence-corrected chi connectivity index (χ4v) is 5.28. The van der Waals surface area contributed by atoms with Gasteiger partial charge in [-0.1, -0.05) is 17.8 Å². The third-order valence-electron chi connectivity index (χ3n) is 5.77. The van der Waals surface area contributed by atoms with Crippen molar-refractivity contribution in [2.24, 2.45) is 10.9 Å².